The van der Waals surface area contributed by atoms with Gasteiger partial charge in [-0.05, 0) is 5.56 Å². The van der Waals surface area contributed by atoms with E-state index in [1.807, 2.05) is 18.2 Å². The zero-order chi connectivity index (χ0) is 11.5. The highest BCUT2D eigenvalue weighted by Crippen LogP contribution is 2.10. The molecule has 0 bridgehead atoms. The van der Waals surface area contributed by atoms with E-state index in [9.17, 15) is 0 Å². The summed E-state index contributed by atoms with van der Waals surface area (Å²) in [5, 5.41) is 13.4. The predicted octanol–water partition coefficient (Wildman–Crippen LogP) is -0.475. The molecule has 0 saturated carbocycles. The van der Waals surface area contributed by atoms with E-state index >= 15 is 0 Å². The summed E-state index contributed by atoms with van der Waals surface area (Å²) in [6, 6.07) is 10.5. The molecule has 0 amide bonds. The van der Waals surface area contributed by atoms with E-state index in [-0.39, 0.29) is 12.3 Å². The predicted molar refractivity (Wildman–Crippen MR) is 64.9 cm³/mol. The maximum absolute atomic E-state index is 5.93. The van der Waals surface area contributed by atoms with Crippen LogP contribution in [0.5, 0.6) is 0 Å². The molecule has 0 aliphatic carbocycles. The van der Waals surface area contributed by atoms with Gasteiger partial charge < -0.3 is 4.74 Å². The third kappa shape index (κ3) is 2.48. The molecule has 3 atom stereocenters. The first-order valence-corrected chi connectivity index (χ1v) is 6.02. The number of benzene rings is 1. The van der Waals surface area contributed by atoms with Crippen LogP contribution in [0.3, 0.4) is 0 Å². The van der Waals surface area contributed by atoms with Crippen LogP contribution in [0.15, 0.2) is 30.3 Å². The molecule has 0 spiro atoms. The van der Waals surface area contributed by atoms with E-state index in [4.69, 9.17) is 4.74 Å². The number of ether oxygens (including phenoxy) is 1. The molecular formula is C12H18N4O. The van der Waals surface area contributed by atoms with Crippen LogP contribution in [0.1, 0.15) is 5.56 Å². The Bertz CT molecular complexity index is 359. The van der Waals surface area contributed by atoms with Gasteiger partial charge in [-0.15, -0.1) is 0 Å². The van der Waals surface area contributed by atoms with Gasteiger partial charge in [-0.25, -0.2) is 0 Å². The van der Waals surface area contributed by atoms with Gasteiger partial charge in [0.2, 0.25) is 0 Å². The summed E-state index contributed by atoms with van der Waals surface area (Å²) < 4.78 is 5.93. The van der Waals surface area contributed by atoms with Crippen LogP contribution in [0.2, 0.25) is 0 Å². The highest BCUT2D eigenvalue weighted by Gasteiger charge is 2.36. The van der Waals surface area contributed by atoms with E-state index in [0.29, 0.717) is 12.8 Å². The Morgan fingerprint density at radius 2 is 1.76 bits per heavy atom. The van der Waals surface area contributed by atoms with Crippen molar-refractivity contribution in [2.45, 2.75) is 25.0 Å². The van der Waals surface area contributed by atoms with E-state index in [0.717, 1.165) is 13.3 Å². The first kappa shape index (κ1) is 11.1. The lowest BCUT2D eigenvalue weighted by Crippen LogP contribution is -2.64. The first-order valence-electron chi connectivity index (χ1n) is 6.02. The maximum atomic E-state index is 5.93. The Morgan fingerprint density at radius 1 is 1.00 bits per heavy atom. The third-order valence-electron chi connectivity index (χ3n) is 3.24. The molecule has 2 saturated heterocycles. The summed E-state index contributed by atoms with van der Waals surface area (Å²) >= 11 is 0. The Balaban J connectivity index is 1.57. The lowest BCUT2D eigenvalue weighted by Gasteiger charge is -2.34. The summed E-state index contributed by atoms with van der Waals surface area (Å²) in [6.45, 7) is 2.24. The Labute approximate surface area is 101 Å². The average molecular weight is 234 g/mol. The highest BCUT2D eigenvalue weighted by molar-refractivity contribution is 5.13. The molecule has 0 aromatic heterocycles. The van der Waals surface area contributed by atoms with Crippen LogP contribution in [0.4, 0.5) is 0 Å². The van der Waals surface area contributed by atoms with Gasteiger partial charge in [0, 0.05) is 13.3 Å². The van der Waals surface area contributed by atoms with Gasteiger partial charge >= 0.3 is 0 Å². The molecule has 3 rings (SSSR count). The van der Waals surface area contributed by atoms with Gasteiger partial charge in [0.25, 0.3) is 0 Å². The van der Waals surface area contributed by atoms with E-state index in [1.165, 1.54) is 5.56 Å². The van der Waals surface area contributed by atoms with Crippen molar-refractivity contribution >= 4 is 0 Å². The number of fused-ring (bicyclic) bond motifs is 1. The van der Waals surface area contributed by atoms with Crippen molar-refractivity contribution in [3.05, 3.63) is 35.9 Å². The number of nitrogens with one attached hydrogen (secondary N) is 4. The molecule has 2 fully saturated rings. The second-order valence-corrected chi connectivity index (χ2v) is 4.39. The molecule has 2 heterocycles. The highest BCUT2D eigenvalue weighted by atomic mass is 16.5. The van der Waals surface area contributed by atoms with Crippen LogP contribution < -0.4 is 21.3 Å². The number of hydrogen-bond donors (Lipinski definition) is 4. The van der Waals surface area contributed by atoms with Gasteiger partial charge in [-0.2, -0.15) is 0 Å². The monoisotopic (exact) mass is 234 g/mol. The van der Waals surface area contributed by atoms with Crippen molar-refractivity contribution in [3.63, 3.8) is 0 Å². The van der Waals surface area contributed by atoms with Crippen molar-refractivity contribution in [2.75, 3.05) is 13.3 Å². The molecule has 3 unspecified atom stereocenters. The van der Waals surface area contributed by atoms with Crippen molar-refractivity contribution in [3.8, 4) is 0 Å². The largest absolute Gasteiger partial charge is 0.357 e. The maximum Gasteiger partial charge on any atom is 0.127 e. The fourth-order valence-electron chi connectivity index (χ4n) is 2.33. The molecule has 5 nitrogen and oxygen atoms in total. The zero-order valence-corrected chi connectivity index (χ0v) is 9.65. The van der Waals surface area contributed by atoms with Gasteiger partial charge in [0.1, 0.15) is 6.23 Å². The van der Waals surface area contributed by atoms with E-state index < -0.39 is 0 Å². The lowest BCUT2D eigenvalue weighted by molar-refractivity contribution is -0.0254. The summed E-state index contributed by atoms with van der Waals surface area (Å²) in [7, 11) is 0. The number of hydrogen-bond acceptors (Lipinski definition) is 5. The third-order valence-corrected chi connectivity index (χ3v) is 3.24. The Kier molecular flexibility index (Phi) is 3.35. The van der Waals surface area contributed by atoms with Crippen LogP contribution in [0, 0.1) is 0 Å². The van der Waals surface area contributed by atoms with Gasteiger partial charge in [-0.3, -0.25) is 21.3 Å². The molecule has 2 aliphatic rings. The summed E-state index contributed by atoms with van der Waals surface area (Å²) in [5.41, 5.74) is 1.20. The minimum Gasteiger partial charge on any atom is -0.357 e. The fraction of sp³-hybridized carbons (Fsp3) is 0.500. The summed E-state index contributed by atoms with van der Waals surface area (Å²) in [4.78, 5) is 0. The van der Waals surface area contributed by atoms with Crippen molar-refractivity contribution in [1.29, 1.82) is 0 Å². The smallest absolute Gasteiger partial charge is 0.127 e. The average Bonchev–Trinajstić information content (AvgIpc) is 2.86. The minimum absolute atomic E-state index is 0.0523. The topological polar surface area (TPSA) is 57.4 Å². The SMILES string of the molecule is c1ccc(COC2NCNC3NCNC32)cc1. The molecule has 1 aromatic rings. The van der Waals surface area contributed by atoms with Crippen LogP contribution >= 0.6 is 0 Å². The Morgan fingerprint density at radius 3 is 2.59 bits per heavy atom. The van der Waals surface area contributed by atoms with Gasteiger partial charge in [0.05, 0.1) is 18.8 Å². The Hall–Kier alpha value is -0.980. The molecule has 5 heteroatoms. The molecule has 4 N–H and O–H groups in total. The molecular weight excluding hydrogens is 216 g/mol. The molecule has 92 valence electrons. The number of rotatable bonds is 3. The normalized spacial score (nSPS) is 32.4. The minimum atomic E-state index is 0.0523. The van der Waals surface area contributed by atoms with E-state index in [2.05, 4.69) is 33.4 Å². The first-order chi connectivity index (χ1) is 8.43. The lowest BCUT2D eigenvalue weighted by atomic mass is 10.2. The van der Waals surface area contributed by atoms with Gasteiger partial charge in [0.15, 0.2) is 0 Å². The van der Waals surface area contributed by atoms with E-state index in [1.54, 1.807) is 0 Å². The van der Waals surface area contributed by atoms with Crippen molar-refractivity contribution in [1.82, 2.24) is 21.3 Å². The summed E-state index contributed by atoms with van der Waals surface area (Å²) in [6.07, 6.45) is 0.355. The van der Waals surface area contributed by atoms with Crippen LogP contribution in [-0.2, 0) is 11.3 Å². The van der Waals surface area contributed by atoms with Gasteiger partial charge in [-0.1, -0.05) is 30.3 Å². The second-order valence-electron chi connectivity index (χ2n) is 4.39. The molecule has 0 radical (unpaired) electrons. The summed E-state index contributed by atoms with van der Waals surface area (Å²) in [5.74, 6) is 0. The molecule has 1 aromatic carbocycles. The second kappa shape index (κ2) is 5.12. The van der Waals surface area contributed by atoms with Crippen molar-refractivity contribution < 1.29 is 4.74 Å². The van der Waals surface area contributed by atoms with Crippen LogP contribution in [-0.4, -0.2) is 31.8 Å². The van der Waals surface area contributed by atoms with Crippen molar-refractivity contribution in [2.24, 2.45) is 0 Å². The molecule has 17 heavy (non-hydrogen) atoms. The zero-order valence-electron chi connectivity index (χ0n) is 9.65. The quantitative estimate of drug-likeness (QED) is 0.569. The molecule has 2 aliphatic heterocycles. The van der Waals surface area contributed by atoms with Crippen LogP contribution in [0.25, 0.3) is 0 Å². The fourth-order valence-corrected chi connectivity index (χ4v) is 2.33. The standard InChI is InChI=1S/C12H18N4O/c1-2-4-9(5-3-1)6-17-12-10-11(14-7-13-10)15-8-16-12/h1-5,10-16H,6-8H2.